The zero-order valence-electron chi connectivity index (χ0n) is 18.3. The molecule has 0 spiro atoms. The third-order valence-corrected chi connectivity index (χ3v) is 6.24. The molecular formula is C23H23N3O6. The summed E-state index contributed by atoms with van der Waals surface area (Å²) in [5.41, 5.74) is 0.505. The molecule has 0 amide bonds. The summed E-state index contributed by atoms with van der Waals surface area (Å²) < 4.78 is 5.75. The molecule has 32 heavy (non-hydrogen) atoms. The number of phenols is 2. The number of aromatic nitrogens is 2. The molecule has 1 atom stereocenters. The van der Waals surface area contributed by atoms with E-state index in [1.54, 1.807) is 13.1 Å². The number of aromatic hydroxyl groups is 2. The Kier molecular flexibility index (Phi) is 4.73. The highest BCUT2D eigenvalue weighted by molar-refractivity contribution is 6.31. The molecule has 1 aromatic carbocycles. The quantitative estimate of drug-likeness (QED) is 0.325. The number of H-pyrrole nitrogens is 1. The lowest BCUT2D eigenvalue weighted by Crippen LogP contribution is -2.41. The topological polar surface area (TPSA) is 142 Å². The Morgan fingerprint density at radius 2 is 1.91 bits per heavy atom. The number of benzene rings is 1. The molecule has 2 heterocycles. The van der Waals surface area contributed by atoms with Crippen molar-refractivity contribution in [3.63, 3.8) is 0 Å². The first kappa shape index (κ1) is 21.4. The Morgan fingerprint density at radius 1 is 1.22 bits per heavy atom. The molecule has 9 nitrogen and oxygen atoms in total. The summed E-state index contributed by atoms with van der Waals surface area (Å²) in [6, 6.07) is 0. The molecule has 9 heteroatoms. The van der Waals surface area contributed by atoms with Crippen LogP contribution in [0.5, 0.6) is 17.2 Å². The van der Waals surface area contributed by atoms with Crippen molar-refractivity contribution in [2.75, 3.05) is 0 Å². The molecule has 0 radical (unpaired) electrons. The van der Waals surface area contributed by atoms with E-state index in [-0.39, 0.29) is 39.5 Å². The van der Waals surface area contributed by atoms with Gasteiger partial charge in [-0.05, 0) is 34.6 Å². The van der Waals surface area contributed by atoms with Gasteiger partial charge >= 0.3 is 0 Å². The fraction of sp³-hybridized carbons (Fsp3) is 0.304. The van der Waals surface area contributed by atoms with Crippen molar-refractivity contribution in [1.82, 2.24) is 15.5 Å². The molecule has 1 aliphatic heterocycles. The Morgan fingerprint density at radius 3 is 2.50 bits per heavy atom. The standard InChI is InChI=1S/C23H23N3O6/c1-9-19(29)17(12(4)27)21-18(20(9)30)23(5)15(32-21)6-14(28)16(22(23)31)11(3)24-7-13-8-25-26-10(13)2/h6,8,24,29-30H,7H2,1-5H3,(H,25,26). The zero-order valence-corrected chi connectivity index (χ0v) is 18.3. The minimum absolute atomic E-state index is 0.00697. The maximum atomic E-state index is 13.7. The van der Waals surface area contributed by atoms with Gasteiger partial charge in [0.15, 0.2) is 17.3 Å². The number of phenolic OH excluding ortho intramolecular Hbond substituents is 2. The Balaban J connectivity index is 1.86. The highest BCUT2D eigenvalue weighted by Crippen LogP contribution is 2.57. The largest absolute Gasteiger partial charge is 0.507 e. The van der Waals surface area contributed by atoms with Crippen molar-refractivity contribution in [1.29, 1.82) is 0 Å². The lowest BCUT2D eigenvalue weighted by molar-refractivity contribution is -0.123. The molecule has 2 aromatic rings. The first-order valence-electron chi connectivity index (χ1n) is 10.0. The van der Waals surface area contributed by atoms with Crippen LogP contribution in [0.1, 0.15) is 53.5 Å². The van der Waals surface area contributed by atoms with E-state index in [1.807, 2.05) is 6.92 Å². The third-order valence-electron chi connectivity index (χ3n) is 6.24. The van der Waals surface area contributed by atoms with Gasteiger partial charge in [0.25, 0.3) is 0 Å². The van der Waals surface area contributed by atoms with Crippen LogP contribution >= 0.6 is 0 Å². The second-order valence-electron chi connectivity index (χ2n) is 8.26. The number of aromatic amines is 1. The average molecular weight is 437 g/mol. The van der Waals surface area contributed by atoms with Crippen LogP contribution in [0.4, 0.5) is 0 Å². The van der Waals surface area contributed by atoms with E-state index >= 15 is 0 Å². The van der Waals surface area contributed by atoms with E-state index in [9.17, 15) is 24.6 Å². The molecule has 0 bridgehead atoms. The Labute approximate surface area is 183 Å². The number of allylic oxidation sites excluding steroid dienone is 4. The van der Waals surface area contributed by atoms with E-state index in [2.05, 4.69) is 15.5 Å². The second kappa shape index (κ2) is 7.08. The van der Waals surface area contributed by atoms with Gasteiger partial charge in [0.05, 0.1) is 17.3 Å². The smallest absolute Gasteiger partial charge is 0.194 e. The number of hydrogen-bond donors (Lipinski definition) is 4. The van der Waals surface area contributed by atoms with E-state index in [0.717, 1.165) is 11.3 Å². The number of aryl methyl sites for hydroxylation is 1. The van der Waals surface area contributed by atoms with Crippen LogP contribution in [0.15, 0.2) is 29.3 Å². The summed E-state index contributed by atoms with van der Waals surface area (Å²) in [5, 5.41) is 31.1. The average Bonchev–Trinajstić information content (AvgIpc) is 3.25. The summed E-state index contributed by atoms with van der Waals surface area (Å²) in [7, 11) is 0. The molecule has 2 aliphatic rings. The van der Waals surface area contributed by atoms with Crippen LogP contribution in [-0.2, 0) is 21.5 Å². The lowest BCUT2D eigenvalue weighted by atomic mass is 9.70. The molecule has 1 aliphatic carbocycles. The van der Waals surface area contributed by atoms with Gasteiger partial charge in [-0.15, -0.1) is 0 Å². The fourth-order valence-corrected chi connectivity index (χ4v) is 4.23. The maximum absolute atomic E-state index is 13.7. The van der Waals surface area contributed by atoms with Gasteiger partial charge in [-0.1, -0.05) is 0 Å². The van der Waals surface area contributed by atoms with Crippen LogP contribution < -0.4 is 10.1 Å². The number of nitrogens with zero attached hydrogens (tertiary/aromatic N) is 1. The third kappa shape index (κ3) is 2.77. The van der Waals surface area contributed by atoms with Crippen LogP contribution in [0.2, 0.25) is 0 Å². The van der Waals surface area contributed by atoms with Crippen molar-refractivity contribution < 1.29 is 29.3 Å². The molecule has 1 aromatic heterocycles. The maximum Gasteiger partial charge on any atom is 0.194 e. The normalized spacial score (nSPS) is 21.0. The molecule has 0 fully saturated rings. The molecule has 1 unspecified atom stereocenters. The van der Waals surface area contributed by atoms with E-state index in [4.69, 9.17) is 4.74 Å². The number of carbonyl (C=O) groups excluding carboxylic acids is 3. The molecule has 166 valence electrons. The Hall–Kier alpha value is -3.88. The van der Waals surface area contributed by atoms with Gasteiger partial charge in [0.2, 0.25) is 0 Å². The van der Waals surface area contributed by atoms with Gasteiger partial charge in [0.1, 0.15) is 34.0 Å². The first-order valence-corrected chi connectivity index (χ1v) is 10.0. The van der Waals surface area contributed by atoms with Gasteiger partial charge in [-0.3, -0.25) is 19.5 Å². The van der Waals surface area contributed by atoms with E-state index in [0.29, 0.717) is 12.2 Å². The molecular weight excluding hydrogens is 414 g/mol. The molecule has 4 rings (SSSR count). The van der Waals surface area contributed by atoms with E-state index in [1.165, 1.54) is 26.8 Å². The summed E-state index contributed by atoms with van der Waals surface area (Å²) in [6.07, 6.45) is 2.85. The monoisotopic (exact) mass is 437 g/mol. The van der Waals surface area contributed by atoms with Crippen molar-refractivity contribution in [2.24, 2.45) is 0 Å². The number of Topliss-reactive ketones (excluding diaryl/α,β-unsaturated/α-hetero) is 2. The first-order chi connectivity index (χ1) is 15.0. The van der Waals surface area contributed by atoms with Crippen LogP contribution in [0.3, 0.4) is 0 Å². The van der Waals surface area contributed by atoms with Crippen molar-refractivity contribution in [3.8, 4) is 17.2 Å². The summed E-state index contributed by atoms with van der Waals surface area (Å²) in [5.74, 6) is -2.47. The molecule has 0 saturated heterocycles. The predicted octanol–water partition coefficient (Wildman–Crippen LogP) is 2.39. The number of nitrogens with one attached hydrogen (secondary N) is 2. The number of hydrogen-bond acceptors (Lipinski definition) is 8. The van der Waals surface area contributed by atoms with Gasteiger partial charge in [-0.2, -0.15) is 5.10 Å². The van der Waals surface area contributed by atoms with Crippen LogP contribution in [-0.4, -0.2) is 37.8 Å². The minimum Gasteiger partial charge on any atom is -0.507 e. The molecule has 4 N–H and O–H groups in total. The minimum atomic E-state index is -1.53. The summed E-state index contributed by atoms with van der Waals surface area (Å²) in [6.45, 7) is 8.07. The Bertz CT molecular complexity index is 1280. The van der Waals surface area contributed by atoms with Crippen molar-refractivity contribution in [3.05, 3.63) is 57.2 Å². The number of ketones is 3. The zero-order chi connectivity index (χ0) is 23.5. The predicted molar refractivity (Wildman–Crippen MR) is 113 cm³/mol. The number of carbonyl (C=O) groups is 3. The van der Waals surface area contributed by atoms with Crippen molar-refractivity contribution >= 4 is 17.3 Å². The fourth-order valence-electron chi connectivity index (χ4n) is 4.23. The summed E-state index contributed by atoms with van der Waals surface area (Å²) >= 11 is 0. The number of ether oxygens (including phenoxy) is 1. The second-order valence-corrected chi connectivity index (χ2v) is 8.26. The van der Waals surface area contributed by atoms with Gasteiger partial charge in [0, 0.05) is 35.1 Å². The van der Waals surface area contributed by atoms with Crippen molar-refractivity contribution in [2.45, 2.75) is 46.6 Å². The number of fused-ring (bicyclic) bond motifs is 3. The van der Waals surface area contributed by atoms with Crippen LogP contribution in [0.25, 0.3) is 0 Å². The summed E-state index contributed by atoms with van der Waals surface area (Å²) in [4.78, 5) is 38.8. The van der Waals surface area contributed by atoms with Gasteiger partial charge < -0.3 is 20.3 Å². The SMILES string of the molecule is CC(=O)c1c(O)c(C)c(O)c2c1OC1=CC(=O)C(=C(C)NCc3cn[nH]c3C)C(=O)C12C. The van der Waals surface area contributed by atoms with Crippen LogP contribution in [0, 0.1) is 13.8 Å². The number of rotatable bonds is 4. The molecule has 0 saturated carbocycles. The van der Waals surface area contributed by atoms with E-state index < -0.39 is 28.5 Å². The van der Waals surface area contributed by atoms with Gasteiger partial charge in [-0.25, -0.2) is 0 Å². The highest BCUT2D eigenvalue weighted by atomic mass is 16.5. The lowest BCUT2D eigenvalue weighted by Gasteiger charge is -2.29. The highest BCUT2D eigenvalue weighted by Gasteiger charge is 2.56.